The fourth-order valence-corrected chi connectivity index (χ4v) is 2.98. The van der Waals surface area contributed by atoms with Crippen molar-refractivity contribution >= 4 is 33.4 Å². The molecule has 0 aliphatic heterocycles. The third kappa shape index (κ3) is 3.56. The minimum Gasteiger partial charge on any atom is -0.392 e. The van der Waals surface area contributed by atoms with E-state index in [1.165, 1.54) is 17.8 Å². The van der Waals surface area contributed by atoms with E-state index in [2.05, 4.69) is 15.9 Å². The summed E-state index contributed by atoms with van der Waals surface area (Å²) >= 11 is 4.64. The quantitative estimate of drug-likeness (QED) is 0.675. The number of nitro groups is 1. The fraction of sp³-hybridized carbons (Fsp3) is 0.0769. The predicted octanol–water partition coefficient (Wildman–Crippen LogP) is 4.00. The Bertz CT molecular complexity index is 601. The second-order valence-electron chi connectivity index (χ2n) is 3.77. The molecule has 4 nitrogen and oxygen atoms in total. The normalized spacial score (nSPS) is 10.4. The summed E-state index contributed by atoms with van der Waals surface area (Å²) in [5.74, 6) is 0. The van der Waals surface area contributed by atoms with Crippen LogP contribution in [-0.2, 0) is 6.61 Å². The van der Waals surface area contributed by atoms with E-state index in [0.29, 0.717) is 4.90 Å². The molecule has 0 atom stereocenters. The maximum absolute atomic E-state index is 11.0. The van der Waals surface area contributed by atoms with Crippen molar-refractivity contribution in [2.24, 2.45) is 0 Å². The molecule has 0 unspecified atom stereocenters. The molecular formula is C13H10BrNO3S. The molecule has 0 amide bonds. The topological polar surface area (TPSA) is 63.4 Å². The number of rotatable bonds is 4. The van der Waals surface area contributed by atoms with Gasteiger partial charge in [0.1, 0.15) is 0 Å². The summed E-state index contributed by atoms with van der Waals surface area (Å²) in [7, 11) is 0. The zero-order chi connectivity index (χ0) is 13.8. The molecule has 0 radical (unpaired) electrons. The van der Waals surface area contributed by atoms with Gasteiger partial charge in [0.2, 0.25) is 0 Å². The van der Waals surface area contributed by atoms with Crippen molar-refractivity contribution in [3.05, 3.63) is 62.6 Å². The average molecular weight is 340 g/mol. The van der Waals surface area contributed by atoms with Crippen LogP contribution in [0.3, 0.4) is 0 Å². The molecule has 0 fully saturated rings. The Morgan fingerprint density at radius 1 is 1.21 bits per heavy atom. The van der Waals surface area contributed by atoms with Gasteiger partial charge in [-0.3, -0.25) is 10.1 Å². The van der Waals surface area contributed by atoms with E-state index in [1.54, 1.807) is 24.3 Å². The van der Waals surface area contributed by atoms with Gasteiger partial charge in [-0.1, -0.05) is 39.8 Å². The molecular weight excluding hydrogens is 330 g/mol. The molecule has 19 heavy (non-hydrogen) atoms. The predicted molar refractivity (Wildman–Crippen MR) is 77.3 cm³/mol. The monoisotopic (exact) mass is 339 g/mol. The van der Waals surface area contributed by atoms with E-state index in [9.17, 15) is 10.1 Å². The molecule has 0 aliphatic rings. The van der Waals surface area contributed by atoms with Crippen LogP contribution in [0, 0.1) is 10.1 Å². The number of benzene rings is 2. The van der Waals surface area contributed by atoms with Crippen molar-refractivity contribution in [3.8, 4) is 0 Å². The zero-order valence-electron chi connectivity index (χ0n) is 9.75. The van der Waals surface area contributed by atoms with Crippen LogP contribution in [0.2, 0.25) is 0 Å². The number of aliphatic hydroxyl groups is 1. The van der Waals surface area contributed by atoms with Gasteiger partial charge in [0, 0.05) is 15.4 Å². The number of aliphatic hydroxyl groups excluding tert-OH is 1. The lowest BCUT2D eigenvalue weighted by Gasteiger charge is -2.04. The lowest BCUT2D eigenvalue weighted by atomic mass is 10.2. The highest BCUT2D eigenvalue weighted by atomic mass is 79.9. The lowest BCUT2D eigenvalue weighted by Crippen LogP contribution is -1.90. The summed E-state index contributed by atoms with van der Waals surface area (Å²) in [6.45, 7) is -0.0119. The molecule has 2 rings (SSSR count). The smallest absolute Gasteiger partial charge is 0.283 e. The van der Waals surface area contributed by atoms with E-state index in [4.69, 9.17) is 5.11 Å². The van der Waals surface area contributed by atoms with Crippen molar-refractivity contribution in [1.82, 2.24) is 0 Å². The van der Waals surface area contributed by atoms with Crippen LogP contribution in [0.25, 0.3) is 0 Å². The molecule has 0 aliphatic carbocycles. The van der Waals surface area contributed by atoms with Crippen LogP contribution < -0.4 is 0 Å². The molecule has 1 N–H and O–H groups in total. The van der Waals surface area contributed by atoms with Gasteiger partial charge >= 0.3 is 0 Å². The molecule has 0 aromatic heterocycles. The molecule has 2 aromatic rings. The fourth-order valence-electron chi connectivity index (χ4n) is 1.51. The Morgan fingerprint density at radius 3 is 2.47 bits per heavy atom. The van der Waals surface area contributed by atoms with Crippen molar-refractivity contribution in [2.45, 2.75) is 16.4 Å². The second kappa shape index (κ2) is 6.18. The number of nitrogens with zero attached hydrogens (tertiary/aromatic N) is 1. The summed E-state index contributed by atoms with van der Waals surface area (Å²) in [5.41, 5.74) is 0.896. The molecule has 2 aromatic carbocycles. The van der Waals surface area contributed by atoms with Crippen LogP contribution >= 0.6 is 27.7 Å². The van der Waals surface area contributed by atoms with E-state index < -0.39 is 4.92 Å². The maximum atomic E-state index is 11.0. The Morgan fingerprint density at radius 2 is 1.89 bits per heavy atom. The molecule has 0 spiro atoms. The average Bonchev–Trinajstić information content (AvgIpc) is 2.39. The molecule has 0 saturated carbocycles. The van der Waals surface area contributed by atoms with Gasteiger partial charge < -0.3 is 5.11 Å². The zero-order valence-corrected chi connectivity index (χ0v) is 12.1. The first-order chi connectivity index (χ1) is 9.10. The van der Waals surface area contributed by atoms with Crippen LogP contribution in [0.1, 0.15) is 5.56 Å². The Balaban J connectivity index is 2.31. The number of halogens is 1. The van der Waals surface area contributed by atoms with Crippen LogP contribution in [0.4, 0.5) is 5.69 Å². The van der Waals surface area contributed by atoms with Gasteiger partial charge in [-0.25, -0.2) is 0 Å². The molecule has 98 valence electrons. The standard InChI is InChI=1S/C13H10BrNO3S/c14-10-3-6-12(15(17)18)13(7-10)19-11-4-1-9(8-16)2-5-11/h1-7,16H,8H2. The van der Waals surface area contributed by atoms with Crippen LogP contribution in [0.15, 0.2) is 56.7 Å². The van der Waals surface area contributed by atoms with Crippen LogP contribution in [0.5, 0.6) is 0 Å². The van der Waals surface area contributed by atoms with E-state index in [-0.39, 0.29) is 12.3 Å². The van der Waals surface area contributed by atoms with Gasteiger partial charge in [0.05, 0.1) is 16.4 Å². The van der Waals surface area contributed by atoms with Gasteiger partial charge in [-0.15, -0.1) is 0 Å². The SMILES string of the molecule is O=[N+]([O-])c1ccc(Br)cc1Sc1ccc(CO)cc1. The first-order valence-corrected chi connectivity index (χ1v) is 7.02. The van der Waals surface area contributed by atoms with Gasteiger partial charge in [0.15, 0.2) is 0 Å². The maximum Gasteiger partial charge on any atom is 0.283 e. The van der Waals surface area contributed by atoms with E-state index >= 15 is 0 Å². The third-order valence-corrected chi connectivity index (χ3v) is 4.00. The minimum atomic E-state index is -0.392. The highest BCUT2D eigenvalue weighted by molar-refractivity contribution is 9.10. The third-order valence-electron chi connectivity index (χ3n) is 2.45. The molecule has 0 bridgehead atoms. The second-order valence-corrected chi connectivity index (χ2v) is 5.80. The summed E-state index contributed by atoms with van der Waals surface area (Å²) in [6.07, 6.45) is 0. The van der Waals surface area contributed by atoms with Crippen molar-refractivity contribution in [1.29, 1.82) is 0 Å². The van der Waals surface area contributed by atoms with E-state index in [0.717, 1.165) is 14.9 Å². The lowest BCUT2D eigenvalue weighted by molar-refractivity contribution is -0.387. The number of nitro benzene ring substituents is 1. The Kier molecular flexibility index (Phi) is 4.57. The molecule has 6 heteroatoms. The first-order valence-electron chi connectivity index (χ1n) is 5.42. The summed E-state index contributed by atoms with van der Waals surface area (Å²) in [5, 5.41) is 19.9. The van der Waals surface area contributed by atoms with Gasteiger partial charge in [0.25, 0.3) is 5.69 Å². The Hall–Kier alpha value is -1.37. The first kappa shape index (κ1) is 14.0. The largest absolute Gasteiger partial charge is 0.392 e. The minimum absolute atomic E-state index is 0.0119. The van der Waals surface area contributed by atoms with Gasteiger partial charge in [-0.05, 0) is 29.8 Å². The summed E-state index contributed by atoms with van der Waals surface area (Å²) < 4.78 is 0.799. The van der Waals surface area contributed by atoms with Crippen molar-refractivity contribution in [2.75, 3.05) is 0 Å². The van der Waals surface area contributed by atoms with Crippen molar-refractivity contribution < 1.29 is 10.0 Å². The van der Waals surface area contributed by atoms with Gasteiger partial charge in [-0.2, -0.15) is 0 Å². The Labute approximate surface area is 122 Å². The highest BCUT2D eigenvalue weighted by Gasteiger charge is 2.14. The van der Waals surface area contributed by atoms with E-state index in [1.807, 2.05) is 12.1 Å². The summed E-state index contributed by atoms with van der Waals surface area (Å²) in [6, 6.07) is 12.1. The number of hydrogen-bond donors (Lipinski definition) is 1. The number of hydrogen-bond acceptors (Lipinski definition) is 4. The van der Waals surface area contributed by atoms with Crippen molar-refractivity contribution in [3.63, 3.8) is 0 Å². The highest BCUT2D eigenvalue weighted by Crippen LogP contribution is 2.36. The molecule has 0 saturated heterocycles. The molecule has 0 heterocycles. The summed E-state index contributed by atoms with van der Waals surface area (Å²) in [4.78, 5) is 12.0. The van der Waals surface area contributed by atoms with Crippen LogP contribution in [-0.4, -0.2) is 10.0 Å².